The van der Waals surface area contributed by atoms with Crippen LogP contribution in [0.3, 0.4) is 0 Å². The third kappa shape index (κ3) is 4.82. The van der Waals surface area contributed by atoms with Gasteiger partial charge in [0.25, 0.3) is 0 Å². The van der Waals surface area contributed by atoms with Crippen LogP contribution in [0.25, 0.3) is 0 Å². The number of rotatable bonds is 8. The summed E-state index contributed by atoms with van der Waals surface area (Å²) < 4.78 is 38.2. The summed E-state index contributed by atoms with van der Waals surface area (Å²) in [4.78, 5) is 0. The topological polar surface area (TPSA) is 59.1 Å². The van der Waals surface area contributed by atoms with Crippen molar-refractivity contribution in [3.05, 3.63) is 5.90 Å². The second-order valence-corrected chi connectivity index (χ2v) is 9.07. The Morgan fingerprint density at radius 3 is 1.53 bits per heavy atom. The lowest BCUT2D eigenvalue weighted by molar-refractivity contribution is 0.226. The summed E-state index contributed by atoms with van der Waals surface area (Å²) >= 11 is 0. The summed E-state index contributed by atoms with van der Waals surface area (Å²) in [6.07, 6.45) is 0. The van der Waals surface area contributed by atoms with Crippen LogP contribution < -0.4 is 0 Å². The van der Waals surface area contributed by atoms with Crippen molar-refractivity contribution in [3.63, 3.8) is 0 Å². The van der Waals surface area contributed by atoms with Gasteiger partial charge in [0.05, 0.1) is 20.7 Å². The van der Waals surface area contributed by atoms with Crippen LogP contribution in [0.1, 0.15) is 13.8 Å². The van der Waals surface area contributed by atoms with Crippen molar-refractivity contribution in [2.75, 3.05) is 41.4 Å². The zero-order chi connectivity index (χ0) is 13.7. The number of hydrogen-bond acceptors (Lipinski definition) is 4. The standard InChI is InChI=1S/C9H23N2O4P2/c1-7-14-17(13,15-8-2)9-16(12,10(3)4)11(5)6/h9H,7-8H2,1-6H3/q-1. The van der Waals surface area contributed by atoms with Crippen molar-refractivity contribution < 1.29 is 18.2 Å². The molecule has 0 atom stereocenters. The highest BCUT2D eigenvalue weighted by molar-refractivity contribution is 7.77. The first kappa shape index (κ1) is 17.3. The van der Waals surface area contributed by atoms with E-state index in [0.717, 1.165) is 0 Å². The third-order valence-electron chi connectivity index (χ3n) is 2.06. The van der Waals surface area contributed by atoms with Gasteiger partial charge >= 0.3 is 0 Å². The normalized spacial score (nSPS) is 13.6. The highest BCUT2D eigenvalue weighted by atomic mass is 31.2. The molecule has 0 aromatic carbocycles. The molecule has 0 bridgehead atoms. The Kier molecular flexibility index (Phi) is 7.15. The predicted molar refractivity (Wildman–Crippen MR) is 70.1 cm³/mol. The fraction of sp³-hybridized carbons (Fsp3) is 0.889. The van der Waals surface area contributed by atoms with E-state index in [1.54, 1.807) is 42.0 Å². The Hall–Kier alpha value is 0.300. The van der Waals surface area contributed by atoms with Crippen LogP contribution in [0.2, 0.25) is 0 Å². The van der Waals surface area contributed by atoms with Crippen LogP contribution in [0.4, 0.5) is 0 Å². The van der Waals surface area contributed by atoms with E-state index < -0.39 is 15.0 Å². The van der Waals surface area contributed by atoms with E-state index in [0.29, 0.717) is 0 Å². The van der Waals surface area contributed by atoms with Gasteiger partial charge in [0.1, 0.15) is 0 Å². The summed E-state index contributed by atoms with van der Waals surface area (Å²) in [5.74, 6) is 1.22. The molecule has 104 valence electrons. The molecule has 0 aliphatic carbocycles. The molecule has 0 unspecified atom stereocenters. The van der Waals surface area contributed by atoms with Crippen molar-refractivity contribution in [2.24, 2.45) is 0 Å². The molecule has 0 aromatic rings. The summed E-state index contributed by atoms with van der Waals surface area (Å²) in [5, 5.41) is 0. The average Bonchev–Trinajstić information content (AvgIpc) is 2.17. The molecule has 0 heterocycles. The van der Waals surface area contributed by atoms with Gasteiger partial charge in [0.15, 0.2) is 7.60 Å². The van der Waals surface area contributed by atoms with Gasteiger partial charge in [-0.25, -0.2) is 0 Å². The highest BCUT2D eigenvalue weighted by Crippen LogP contribution is 2.68. The lowest BCUT2D eigenvalue weighted by atomic mass is 10.9. The fourth-order valence-electron chi connectivity index (χ4n) is 1.21. The van der Waals surface area contributed by atoms with Gasteiger partial charge < -0.3 is 13.6 Å². The zero-order valence-corrected chi connectivity index (χ0v) is 13.2. The maximum atomic E-state index is 12.6. The minimum Gasteiger partial charge on any atom is -0.331 e. The zero-order valence-electron chi connectivity index (χ0n) is 11.4. The van der Waals surface area contributed by atoms with Gasteiger partial charge in [-0.1, -0.05) is 0 Å². The quantitative estimate of drug-likeness (QED) is 0.505. The van der Waals surface area contributed by atoms with Crippen LogP contribution >= 0.6 is 15.0 Å². The van der Waals surface area contributed by atoms with E-state index in [4.69, 9.17) is 9.05 Å². The van der Waals surface area contributed by atoms with Crippen LogP contribution in [0.15, 0.2) is 0 Å². The van der Waals surface area contributed by atoms with Crippen molar-refractivity contribution in [3.8, 4) is 0 Å². The molecule has 0 amide bonds. The highest BCUT2D eigenvalue weighted by Gasteiger charge is 2.28. The minimum atomic E-state index is -3.42. The lowest BCUT2D eigenvalue weighted by Gasteiger charge is -2.41. The van der Waals surface area contributed by atoms with Crippen molar-refractivity contribution in [1.82, 2.24) is 9.34 Å². The molecule has 0 saturated heterocycles. The van der Waals surface area contributed by atoms with E-state index in [2.05, 4.69) is 0 Å². The van der Waals surface area contributed by atoms with E-state index >= 15 is 0 Å². The monoisotopic (exact) mass is 285 g/mol. The van der Waals surface area contributed by atoms with E-state index in [1.807, 2.05) is 0 Å². The third-order valence-corrected chi connectivity index (χ3v) is 7.92. The Morgan fingerprint density at radius 2 is 1.29 bits per heavy atom. The SMILES string of the molecule is CCOP(=O)([CH-]P(=O)(N(C)C)N(C)C)OCC. The van der Waals surface area contributed by atoms with Gasteiger partial charge in [0, 0.05) is 0 Å². The molecule has 0 rings (SSSR count). The average molecular weight is 285 g/mol. The summed E-state index contributed by atoms with van der Waals surface area (Å²) in [7, 11) is 0.229. The Morgan fingerprint density at radius 1 is 0.941 bits per heavy atom. The largest absolute Gasteiger partial charge is 0.331 e. The van der Waals surface area contributed by atoms with Crippen LogP contribution in [0, 0.1) is 5.90 Å². The predicted octanol–water partition coefficient (Wildman–Crippen LogP) is 2.69. The first-order chi connectivity index (χ1) is 7.72. The van der Waals surface area contributed by atoms with Crippen LogP contribution in [0.5, 0.6) is 0 Å². The molecule has 0 spiro atoms. The molecule has 8 heteroatoms. The molecule has 0 saturated carbocycles. The molecule has 0 aliphatic heterocycles. The fourth-order valence-corrected chi connectivity index (χ4v) is 6.38. The maximum absolute atomic E-state index is 12.6. The second-order valence-electron chi connectivity index (χ2n) is 3.77. The Balaban J connectivity index is 5.07. The molecular weight excluding hydrogens is 262 g/mol. The number of hydrogen-bond donors (Lipinski definition) is 0. The van der Waals surface area contributed by atoms with Crippen molar-refractivity contribution >= 4 is 15.0 Å². The first-order valence-corrected chi connectivity index (χ1v) is 8.72. The van der Waals surface area contributed by atoms with Crippen LogP contribution in [-0.2, 0) is 18.2 Å². The lowest BCUT2D eigenvalue weighted by Crippen LogP contribution is -2.21. The molecule has 17 heavy (non-hydrogen) atoms. The number of nitrogens with zero attached hydrogens (tertiary/aromatic N) is 2. The smallest absolute Gasteiger partial charge is 0.196 e. The Bertz CT molecular complexity index is 298. The molecule has 0 radical (unpaired) electrons. The van der Waals surface area contributed by atoms with Gasteiger partial charge in [-0.15, -0.1) is 5.90 Å². The van der Waals surface area contributed by atoms with Gasteiger partial charge in [-0.2, -0.15) is 0 Å². The minimum absolute atomic E-state index is 0.245. The van der Waals surface area contributed by atoms with Crippen molar-refractivity contribution in [1.29, 1.82) is 0 Å². The Labute approximate surface area is 104 Å². The van der Waals surface area contributed by atoms with Gasteiger partial charge in [0.2, 0.25) is 0 Å². The first-order valence-electron chi connectivity index (χ1n) is 5.43. The van der Waals surface area contributed by atoms with Gasteiger partial charge in [-0.05, 0) is 42.0 Å². The molecule has 6 nitrogen and oxygen atoms in total. The van der Waals surface area contributed by atoms with E-state index in [-0.39, 0.29) is 13.2 Å². The summed E-state index contributed by atoms with van der Waals surface area (Å²) in [5.41, 5.74) is 0. The molecule has 0 aliphatic rings. The van der Waals surface area contributed by atoms with E-state index in [9.17, 15) is 9.13 Å². The molecular formula is C9H23N2O4P2-. The van der Waals surface area contributed by atoms with E-state index in [1.165, 1.54) is 15.2 Å². The molecule has 0 N–H and O–H groups in total. The second kappa shape index (κ2) is 7.03. The van der Waals surface area contributed by atoms with Crippen LogP contribution in [-0.4, -0.2) is 50.7 Å². The summed E-state index contributed by atoms with van der Waals surface area (Å²) in [6, 6.07) is 0. The molecule has 0 fully saturated rings. The maximum Gasteiger partial charge on any atom is 0.196 e. The van der Waals surface area contributed by atoms with Crippen molar-refractivity contribution in [2.45, 2.75) is 13.8 Å². The van der Waals surface area contributed by atoms with Gasteiger partial charge in [-0.3, -0.25) is 13.9 Å². The summed E-state index contributed by atoms with van der Waals surface area (Å²) in [6.45, 7) is 3.93. The molecule has 0 aromatic heterocycles.